The van der Waals surface area contributed by atoms with Crippen LogP contribution < -0.4 is 4.74 Å². The highest BCUT2D eigenvalue weighted by Gasteiger charge is 2.11. The minimum atomic E-state index is -0.315. The number of fused-ring (bicyclic) bond motifs is 1. The van der Waals surface area contributed by atoms with E-state index in [1.165, 1.54) is 6.07 Å². The van der Waals surface area contributed by atoms with Gasteiger partial charge in [-0.25, -0.2) is 4.39 Å². The fourth-order valence-electron chi connectivity index (χ4n) is 2.54. The Morgan fingerprint density at radius 3 is 2.38 bits per heavy atom. The van der Waals surface area contributed by atoms with Gasteiger partial charge in [0.2, 0.25) is 0 Å². The van der Waals surface area contributed by atoms with E-state index >= 15 is 0 Å². The number of hydrogen-bond donors (Lipinski definition) is 1. The number of rotatable bonds is 3. The second-order valence-corrected chi connectivity index (χ2v) is 6.18. The fourth-order valence-corrected chi connectivity index (χ4v) is 2.88. The number of ether oxygens (including phenoxy) is 1. The van der Waals surface area contributed by atoms with Crippen molar-refractivity contribution in [3.05, 3.63) is 77.0 Å². The van der Waals surface area contributed by atoms with Crippen LogP contribution in [0.2, 0.25) is 0 Å². The molecule has 0 unspecified atom stereocenters. The Morgan fingerprint density at radius 1 is 0.917 bits per heavy atom. The summed E-state index contributed by atoms with van der Waals surface area (Å²) in [6, 6.07) is 20.4. The highest BCUT2D eigenvalue weighted by atomic mass is 79.9. The molecule has 0 fully saturated rings. The molecule has 118 valence electrons. The van der Waals surface area contributed by atoms with Gasteiger partial charge in [0.25, 0.3) is 0 Å². The minimum absolute atomic E-state index is 0.315. The zero-order valence-electron chi connectivity index (χ0n) is 12.5. The first-order valence-electron chi connectivity index (χ1n) is 7.37. The van der Waals surface area contributed by atoms with Crippen LogP contribution in [0.1, 0.15) is 0 Å². The van der Waals surface area contributed by atoms with Crippen LogP contribution in [0.4, 0.5) is 4.39 Å². The lowest BCUT2D eigenvalue weighted by atomic mass is 10.1. The molecule has 0 bridgehead atoms. The third-order valence-electron chi connectivity index (χ3n) is 3.71. The number of benzene rings is 3. The van der Waals surface area contributed by atoms with Gasteiger partial charge in [0.05, 0.1) is 15.7 Å². The standard InChI is InChI=1S/C19H12BrFN2O/c20-16-10-15-18(11-17(16)21)22-23-19(15)12-6-8-14(9-7-12)24-13-4-2-1-3-5-13/h1-11H,(H,22,23). The zero-order valence-corrected chi connectivity index (χ0v) is 14.0. The molecule has 3 aromatic carbocycles. The van der Waals surface area contributed by atoms with E-state index in [9.17, 15) is 4.39 Å². The topological polar surface area (TPSA) is 37.9 Å². The number of nitrogens with one attached hydrogen (secondary N) is 1. The van der Waals surface area contributed by atoms with E-state index in [1.807, 2.05) is 54.6 Å². The van der Waals surface area contributed by atoms with Crippen molar-refractivity contribution in [2.24, 2.45) is 0 Å². The summed E-state index contributed by atoms with van der Waals surface area (Å²) in [6.45, 7) is 0. The Morgan fingerprint density at radius 2 is 1.62 bits per heavy atom. The van der Waals surface area contributed by atoms with Crippen LogP contribution in [-0.2, 0) is 0 Å². The molecule has 0 spiro atoms. The van der Waals surface area contributed by atoms with Crippen LogP contribution in [0.15, 0.2) is 71.2 Å². The lowest BCUT2D eigenvalue weighted by Gasteiger charge is -2.06. The van der Waals surface area contributed by atoms with Gasteiger partial charge in [-0.3, -0.25) is 5.10 Å². The van der Waals surface area contributed by atoms with Gasteiger partial charge < -0.3 is 4.74 Å². The third-order valence-corrected chi connectivity index (χ3v) is 4.32. The van der Waals surface area contributed by atoms with Gasteiger partial charge in [-0.1, -0.05) is 18.2 Å². The van der Waals surface area contributed by atoms with Gasteiger partial charge in [0.15, 0.2) is 0 Å². The molecule has 5 heteroatoms. The van der Waals surface area contributed by atoms with Crippen molar-refractivity contribution in [3.8, 4) is 22.8 Å². The van der Waals surface area contributed by atoms with Crippen molar-refractivity contribution in [2.45, 2.75) is 0 Å². The van der Waals surface area contributed by atoms with Gasteiger partial charge in [-0.05, 0) is 58.4 Å². The lowest BCUT2D eigenvalue weighted by molar-refractivity contribution is 0.483. The molecule has 1 heterocycles. The van der Waals surface area contributed by atoms with Crippen molar-refractivity contribution < 1.29 is 9.13 Å². The summed E-state index contributed by atoms with van der Waals surface area (Å²) in [5.74, 6) is 1.22. The number of aromatic amines is 1. The Balaban J connectivity index is 1.67. The van der Waals surface area contributed by atoms with Crippen LogP contribution in [0, 0.1) is 5.82 Å². The predicted molar refractivity (Wildman–Crippen MR) is 95.7 cm³/mol. The van der Waals surface area contributed by atoms with Gasteiger partial charge >= 0.3 is 0 Å². The van der Waals surface area contributed by atoms with Crippen molar-refractivity contribution >= 4 is 26.8 Å². The summed E-state index contributed by atoms with van der Waals surface area (Å²) >= 11 is 3.22. The van der Waals surface area contributed by atoms with Crippen LogP contribution in [0.3, 0.4) is 0 Å². The normalized spacial score (nSPS) is 10.9. The number of nitrogens with zero attached hydrogens (tertiary/aromatic N) is 1. The Kier molecular flexibility index (Phi) is 3.78. The van der Waals surface area contributed by atoms with Crippen LogP contribution in [0.5, 0.6) is 11.5 Å². The van der Waals surface area contributed by atoms with Crippen molar-refractivity contribution in [3.63, 3.8) is 0 Å². The minimum Gasteiger partial charge on any atom is -0.457 e. The molecule has 4 rings (SSSR count). The monoisotopic (exact) mass is 382 g/mol. The summed E-state index contributed by atoms with van der Waals surface area (Å²) in [6.07, 6.45) is 0. The number of para-hydroxylation sites is 1. The van der Waals surface area contributed by atoms with E-state index in [2.05, 4.69) is 26.1 Å². The number of H-pyrrole nitrogens is 1. The van der Waals surface area contributed by atoms with Crippen molar-refractivity contribution in [1.82, 2.24) is 10.2 Å². The second-order valence-electron chi connectivity index (χ2n) is 5.32. The van der Waals surface area contributed by atoms with E-state index in [0.29, 0.717) is 9.99 Å². The number of aromatic nitrogens is 2. The lowest BCUT2D eigenvalue weighted by Crippen LogP contribution is -1.84. The molecular weight excluding hydrogens is 371 g/mol. The van der Waals surface area contributed by atoms with E-state index in [-0.39, 0.29) is 5.82 Å². The molecule has 0 amide bonds. The van der Waals surface area contributed by atoms with Crippen molar-refractivity contribution in [1.29, 1.82) is 0 Å². The van der Waals surface area contributed by atoms with Gasteiger partial charge in [0.1, 0.15) is 17.3 Å². The summed E-state index contributed by atoms with van der Waals surface area (Å²) in [5, 5.41) is 8.04. The number of hydrogen-bond acceptors (Lipinski definition) is 2. The zero-order chi connectivity index (χ0) is 16.5. The molecule has 0 saturated carbocycles. The van der Waals surface area contributed by atoms with Crippen LogP contribution >= 0.6 is 15.9 Å². The molecule has 0 aliphatic heterocycles. The summed E-state index contributed by atoms with van der Waals surface area (Å²) in [4.78, 5) is 0. The smallest absolute Gasteiger partial charge is 0.139 e. The first kappa shape index (κ1) is 14.9. The first-order valence-corrected chi connectivity index (χ1v) is 8.16. The van der Waals surface area contributed by atoms with E-state index in [4.69, 9.17) is 4.74 Å². The molecule has 1 N–H and O–H groups in total. The summed E-state index contributed by atoms with van der Waals surface area (Å²) in [5.41, 5.74) is 2.37. The molecule has 24 heavy (non-hydrogen) atoms. The third kappa shape index (κ3) is 2.78. The molecule has 3 nitrogen and oxygen atoms in total. The largest absolute Gasteiger partial charge is 0.457 e. The van der Waals surface area contributed by atoms with Crippen LogP contribution in [0.25, 0.3) is 22.2 Å². The van der Waals surface area contributed by atoms with Gasteiger partial charge in [-0.15, -0.1) is 0 Å². The summed E-state index contributed by atoms with van der Waals surface area (Å²) in [7, 11) is 0. The molecular formula is C19H12BrFN2O. The van der Waals surface area contributed by atoms with Crippen molar-refractivity contribution in [2.75, 3.05) is 0 Å². The van der Waals surface area contributed by atoms with E-state index in [0.717, 1.165) is 28.1 Å². The fraction of sp³-hybridized carbons (Fsp3) is 0. The molecule has 0 aliphatic rings. The first-order chi connectivity index (χ1) is 11.7. The summed E-state index contributed by atoms with van der Waals surface area (Å²) < 4.78 is 19.8. The molecule has 1 aromatic heterocycles. The van der Waals surface area contributed by atoms with Gasteiger partial charge in [0, 0.05) is 17.0 Å². The maximum Gasteiger partial charge on any atom is 0.139 e. The van der Waals surface area contributed by atoms with Gasteiger partial charge in [-0.2, -0.15) is 5.10 Å². The molecule has 0 radical (unpaired) electrons. The highest BCUT2D eigenvalue weighted by Crippen LogP contribution is 2.31. The second kappa shape index (κ2) is 6.09. The maximum atomic E-state index is 13.6. The van der Waals surface area contributed by atoms with E-state index < -0.39 is 0 Å². The average Bonchev–Trinajstić information content (AvgIpc) is 3.00. The number of halogens is 2. The predicted octanol–water partition coefficient (Wildman–Crippen LogP) is 5.92. The molecule has 0 saturated heterocycles. The van der Waals surface area contributed by atoms with E-state index in [1.54, 1.807) is 6.07 Å². The Hall–Kier alpha value is -2.66. The Bertz CT molecular complexity index is 997. The molecule has 0 atom stereocenters. The highest BCUT2D eigenvalue weighted by molar-refractivity contribution is 9.10. The maximum absolute atomic E-state index is 13.6. The van der Waals surface area contributed by atoms with Crippen LogP contribution in [-0.4, -0.2) is 10.2 Å². The Labute approximate surface area is 146 Å². The average molecular weight is 383 g/mol. The quantitative estimate of drug-likeness (QED) is 0.477. The SMILES string of the molecule is Fc1cc2[nH]nc(-c3ccc(Oc4ccccc4)cc3)c2cc1Br. The molecule has 0 aliphatic carbocycles. The molecule has 4 aromatic rings.